The molecular formula is C11H20O. The molecule has 1 rings (SSSR count). The van der Waals surface area contributed by atoms with Gasteiger partial charge in [-0.2, -0.15) is 0 Å². The van der Waals surface area contributed by atoms with Crippen molar-refractivity contribution in [1.29, 1.82) is 0 Å². The summed E-state index contributed by atoms with van der Waals surface area (Å²) in [7, 11) is 0. The molecule has 1 nitrogen and oxygen atoms in total. The standard InChI is InChI=1S/C11H20O/c12-10-6-2-1-3-7-11-8-4-5-9-11/h4,8,11-12H,1-3,5-7,9-10H2/t11-/m0/s1. The summed E-state index contributed by atoms with van der Waals surface area (Å²) in [6.07, 6.45) is 13.5. The highest BCUT2D eigenvalue weighted by Crippen LogP contribution is 2.22. The van der Waals surface area contributed by atoms with Crippen LogP contribution in [0.4, 0.5) is 0 Å². The molecule has 0 heterocycles. The van der Waals surface area contributed by atoms with Gasteiger partial charge in [0.25, 0.3) is 0 Å². The molecule has 0 amide bonds. The van der Waals surface area contributed by atoms with E-state index in [1.165, 1.54) is 38.5 Å². The van der Waals surface area contributed by atoms with Crippen LogP contribution < -0.4 is 0 Å². The molecule has 0 aromatic rings. The predicted molar refractivity (Wildman–Crippen MR) is 52.0 cm³/mol. The highest BCUT2D eigenvalue weighted by molar-refractivity contribution is 4.95. The van der Waals surface area contributed by atoms with Gasteiger partial charge in [-0.1, -0.05) is 31.4 Å². The zero-order valence-corrected chi connectivity index (χ0v) is 7.84. The lowest BCUT2D eigenvalue weighted by molar-refractivity contribution is 0.282. The molecule has 1 aliphatic rings. The lowest BCUT2D eigenvalue weighted by Crippen LogP contribution is -1.92. The Morgan fingerprint density at radius 2 is 2.00 bits per heavy atom. The van der Waals surface area contributed by atoms with Gasteiger partial charge in [0, 0.05) is 6.61 Å². The molecule has 0 unspecified atom stereocenters. The fourth-order valence-corrected chi connectivity index (χ4v) is 1.81. The summed E-state index contributed by atoms with van der Waals surface area (Å²) in [4.78, 5) is 0. The average molecular weight is 168 g/mol. The predicted octanol–water partition coefficient (Wildman–Crippen LogP) is 2.90. The molecule has 1 heteroatoms. The molecule has 0 fully saturated rings. The van der Waals surface area contributed by atoms with E-state index in [-0.39, 0.29) is 0 Å². The zero-order valence-electron chi connectivity index (χ0n) is 7.84. The molecule has 0 saturated carbocycles. The second kappa shape index (κ2) is 6.24. The fraction of sp³-hybridized carbons (Fsp3) is 0.818. The van der Waals surface area contributed by atoms with Crippen molar-refractivity contribution in [2.45, 2.75) is 44.9 Å². The Morgan fingerprint density at radius 3 is 2.67 bits per heavy atom. The van der Waals surface area contributed by atoms with Gasteiger partial charge >= 0.3 is 0 Å². The first-order valence-corrected chi connectivity index (χ1v) is 5.21. The second-order valence-corrected chi connectivity index (χ2v) is 3.69. The minimum absolute atomic E-state index is 0.364. The van der Waals surface area contributed by atoms with E-state index in [0.29, 0.717) is 6.61 Å². The number of hydrogen-bond acceptors (Lipinski definition) is 1. The molecule has 0 saturated heterocycles. The van der Waals surface area contributed by atoms with Gasteiger partial charge in [0.05, 0.1) is 0 Å². The van der Waals surface area contributed by atoms with Crippen molar-refractivity contribution in [3.63, 3.8) is 0 Å². The van der Waals surface area contributed by atoms with Crippen LogP contribution in [0.1, 0.15) is 44.9 Å². The van der Waals surface area contributed by atoms with Crippen LogP contribution >= 0.6 is 0 Å². The lowest BCUT2D eigenvalue weighted by Gasteiger charge is -2.05. The number of allylic oxidation sites excluding steroid dienone is 2. The van der Waals surface area contributed by atoms with Gasteiger partial charge in [-0.05, 0) is 31.6 Å². The van der Waals surface area contributed by atoms with Gasteiger partial charge < -0.3 is 5.11 Å². The Bertz CT molecular complexity index is 129. The quantitative estimate of drug-likeness (QED) is 0.477. The third-order valence-corrected chi connectivity index (χ3v) is 2.60. The molecular weight excluding hydrogens is 148 g/mol. The van der Waals surface area contributed by atoms with Crippen molar-refractivity contribution in [2.24, 2.45) is 5.92 Å². The van der Waals surface area contributed by atoms with Gasteiger partial charge in [-0.3, -0.25) is 0 Å². The normalized spacial score (nSPS) is 21.9. The van der Waals surface area contributed by atoms with Gasteiger partial charge in [0.2, 0.25) is 0 Å². The summed E-state index contributed by atoms with van der Waals surface area (Å²) in [5.74, 6) is 0.874. The summed E-state index contributed by atoms with van der Waals surface area (Å²) in [5, 5.41) is 8.57. The summed E-state index contributed by atoms with van der Waals surface area (Å²) in [6.45, 7) is 0.364. The van der Waals surface area contributed by atoms with Crippen molar-refractivity contribution in [3.8, 4) is 0 Å². The van der Waals surface area contributed by atoms with E-state index < -0.39 is 0 Å². The Balaban J connectivity index is 1.85. The van der Waals surface area contributed by atoms with E-state index in [1.54, 1.807) is 0 Å². The summed E-state index contributed by atoms with van der Waals surface area (Å²) >= 11 is 0. The van der Waals surface area contributed by atoms with Crippen molar-refractivity contribution in [3.05, 3.63) is 12.2 Å². The third-order valence-electron chi connectivity index (χ3n) is 2.60. The maximum Gasteiger partial charge on any atom is 0.0431 e. The van der Waals surface area contributed by atoms with Crippen LogP contribution in [0.2, 0.25) is 0 Å². The van der Waals surface area contributed by atoms with Crippen molar-refractivity contribution in [1.82, 2.24) is 0 Å². The molecule has 0 bridgehead atoms. The summed E-state index contributed by atoms with van der Waals surface area (Å²) in [6, 6.07) is 0. The first-order valence-electron chi connectivity index (χ1n) is 5.21. The van der Waals surface area contributed by atoms with E-state index in [0.717, 1.165) is 12.3 Å². The fourth-order valence-electron chi connectivity index (χ4n) is 1.81. The van der Waals surface area contributed by atoms with Gasteiger partial charge in [0.1, 0.15) is 0 Å². The maximum atomic E-state index is 8.57. The zero-order chi connectivity index (χ0) is 8.65. The molecule has 1 N–H and O–H groups in total. The van der Waals surface area contributed by atoms with Crippen molar-refractivity contribution < 1.29 is 5.11 Å². The highest BCUT2D eigenvalue weighted by Gasteiger charge is 2.07. The molecule has 1 atom stereocenters. The highest BCUT2D eigenvalue weighted by atomic mass is 16.2. The molecule has 1 aliphatic carbocycles. The largest absolute Gasteiger partial charge is 0.396 e. The summed E-state index contributed by atoms with van der Waals surface area (Å²) in [5.41, 5.74) is 0. The van der Waals surface area contributed by atoms with Crippen molar-refractivity contribution in [2.75, 3.05) is 6.61 Å². The minimum atomic E-state index is 0.364. The van der Waals surface area contributed by atoms with Gasteiger partial charge in [0.15, 0.2) is 0 Å². The Labute approximate surface area is 75.5 Å². The Hall–Kier alpha value is -0.300. The third kappa shape index (κ3) is 3.91. The Morgan fingerprint density at radius 1 is 1.17 bits per heavy atom. The topological polar surface area (TPSA) is 20.2 Å². The maximum absolute atomic E-state index is 8.57. The molecule has 0 aromatic carbocycles. The first kappa shape index (κ1) is 9.79. The number of aliphatic hydroxyl groups is 1. The molecule has 0 spiro atoms. The van der Waals surface area contributed by atoms with Crippen LogP contribution in [0.15, 0.2) is 12.2 Å². The van der Waals surface area contributed by atoms with Crippen LogP contribution in [-0.4, -0.2) is 11.7 Å². The molecule has 0 aliphatic heterocycles. The first-order chi connectivity index (χ1) is 5.93. The van der Waals surface area contributed by atoms with E-state index in [4.69, 9.17) is 5.11 Å². The SMILES string of the molecule is OCCCCCC[C@H]1C=CCC1. The minimum Gasteiger partial charge on any atom is -0.396 e. The molecule has 70 valence electrons. The van der Waals surface area contributed by atoms with Crippen LogP contribution in [-0.2, 0) is 0 Å². The Kier molecular flexibility index (Phi) is 5.09. The van der Waals surface area contributed by atoms with Crippen LogP contribution in [0, 0.1) is 5.92 Å². The second-order valence-electron chi connectivity index (χ2n) is 3.69. The van der Waals surface area contributed by atoms with E-state index >= 15 is 0 Å². The average Bonchev–Trinajstić information content (AvgIpc) is 2.57. The number of hydrogen-bond donors (Lipinski definition) is 1. The molecule has 0 aromatic heterocycles. The number of rotatable bonds is 6. The van der Waals surface area contributed by atoms with Crippen molar-refractivity contribution >= 4 is 0 Å². The van der Waals surface area contributed by atoms with E-state index in [1.807, 2.05) is 0 Å². The van der Waals surface area contributed by atoms with Crippen LogP contribution in [0.5, 0.6) is 0 Å². The smallest absolute Gasteiger partial charge is 0.0431 e. The molecule has 0 radical (unpaired) electrons. The van der Waals surface area contributed by atoms with Crippen LogP contribution in [0.3, 0.4) is 0 Å². The van der Waals surface area contributed by atoms with Crippen LogP contribution in [0.25, 0.3) is 0 Å². The monoisotopic (exact) mass is 168 g/mol. The lowest BCUT2D eigenvalue weighted by atomic mass is 10.0. The summed E-state index contributed by atoms with van der Waals surface area (Å²) < 4.78 is 0. The van der Waals surface area contributed by atoms with Gasteiger partial charge in [-0.25, -0.2) is 0 Å². The van der Waals surface area contributed by atoms with E-state index in [9.17, 15) is 0 Å². The van der Waals surface area contributed by atoms with E-state index in [2.05, 4.69) is 12.2 Å². The number of unbranched alkanes of at least 4 members (excludes halogenated alkanes) is 3. The van der Waals surface area contributed by atoms with Gasteiger partial charge in [-0.15, -0.1) is 0 Å². The number of aliphatic hydroxyl groups excluding tert-OH is 1. The molecule has 12 heavy (non-hydrogen) atoms.